The van der Waals surface area contributed by atoms with Gasteiger partial charge in [0.1, 0.15) is 0 Å². The molecule has 0 radical (unpaired) electrons. The number of hydrogen-bond donors (Lipinski definition) is 0. The molecule has 0 spiro atoms. The van der Waals surface area contributed by atoms with Crippen molar-refractivity contribution in [3.63, 3.8) is 0 Å². The van der Waals surface area contributed by atoms with Gasteiger partial charge in [0.15, 0.2) is 11.6 Å². The lowest BCUT2D eigenvalue weighted by Gasteiger charge is -2.33. The van der Waals surface area contributed by atoms with E-state index in [9.17, 15) is 13.2 Å². The van der Waals surface area contributed by atoms with Crippen molar-refractivity contribution in [1.82, 2.24) is 0 Å². The minimum atomic E-state index is -3.77. The van der Waals surface area contributed by atoms with Crippen molar-refractivity contribution in [1.29, 1.82) is 5.26 Å². The highest BCUT2D eigenvalue weighted by molar-refractivity contribution is 5.44. The molecule has 0 bridgehead atoms. The van der Waals surface area contributed by atoms with Crippen molar-refractivity contribution in [2.45, 2.75) is 19.0 Å². The first kappa shape index (κ1) is 12.6. The Morgan fingerprint density at radius 3 is 2.72 bits per heavy atom. The number of fused-ring (bicyclic) bond motifs is 1. The van der Waals surface area contributed by atoms with Crippen LogP contribution in [0.1, 0.15) is 6.92 Å². The minimum Gasteiger partial charge on any atom is -0.282 e. The molecule has 0 aliphatic carbocycles. The van der Waals surface area contributed by atoms with Gasteiger partial charge in [-0.15, -0.1) is 0 Å². The van der Waals surface area contributed by atoms with Gasteiger partial charge in [-0.1, -0.05) is 18.2 Å². The fourth-order valence-corrected chi connectivity index (χ4v) is 1.97. The monoisotopic (exact) mass is 252 g/mol. The molecule has 1 aromatic carbocycles. The molecule has 2 rings (SSSR count). The summed E-state index contributed by atoms with van der Waals surface area (Å²) in [7, 11) is 0. The molecule has 1 aliphatic heterocycles. The van der Waals surface area contributed by atoms with Crippen LogP contribution in [0.2, 0.25) is 0 Å². The predicted octanol–water partition coefficient (Wildman–Crippen LogP) is 1.60. The van der Waals surface area contributed by atoms with Crippen molar-refractivity contribution < 1.29 is 13.2 Å². The molecular formula is C13H11F3N2. The summed E-state index contributed by atoms with van der Waals surface area (Å²) in [6.45, 7) is 0.329. The summed E-state index contributed by atoms with van der Waals surface area (Å²) in [6, 6.07) is 8.19. The summed E-state index contributed by atoms with van der Waals surface area (Å²) in [6.07, 6.45) is -1.28. The molecule has 2 nitrogen and oxygen atoms in total. The van der Waals surface area contributed by atoms with Crippen LogP contribution in [0, 0.1) is 16.7 Å². The lowest BCUT2D eigenvalue weighted by molar-refractivity contribution is -0.116. The summed E-state index contributed by atoms with van der Waals surface area (Å²) < 4.78 is 40.9. The van der Waals surface area contributed by atoms with E-state index in [2.05, 4.69) is 4.99 Å². The van der Waals surface area contributed by atoms with Crippen LogP contribution in [0.3, 0.4) is 0 Å². The smallest absolute Gasteiger partial charge is 0.282 e. The van der Waals surface area contributed by atoms with Crippen LogP contribution >= 0.6 is 0 Å². The highest BCUT2D eigenvalue weighted by Crippen LogP contribution is 2.42. The number of benzene rings is 1. The van der Waals surface area contributed by atoms with E-state index in [-0.39, 0.29) is 0 Å². The average Bonchev–Trinajstić information content (AvgIpc) is 2.37. The van der Waals surface area contributed by atoms with Crippen LogP contribution < -0.4 is 10.6 Å². The summed E-state index contributed by atoms with van der Waals surface area (Å²) in [5.41, 5.74) is -2.21. The molecule has 94 valence electrons. The number of alkyl halides is 3. The summed E-state index contributed by atoms with van der Waals surface area (Å²) in [4.78, 5) is 3.97. The number of nitrogens with zero attached hydrogens (tertiary/aromatic N) is 2. The second-order valence-corrected chi connectivity index (χ2v) is 4.34. The average molecular weight is 252 g/mol. The molecular weight excluding hydrogens is 241 g/mol. The quantitative estimate of drug-likeness (QED) is 0.787. The van der Waals surface area contributed by atoms with Crippen LogP contribution in [0.4, 0.5) is 13.2 Å². The van der Waals surface area contributed by atoms with Crippen molar-refractivity contribution in [3.8, 4) is 6.07 Å². The first-order chi connectivity index (χ1) is 8.43. The molecule has 2 unspecified atom stereocenters. The largest absolute Gasteiger partial charge is 0.301 e. The Labute approximate surface area is 102 Å². The van der Waals surface area contributed by atoms with Gasteiger partial charge in [-0.2, -0.15) is 5.26 Å². The highest BCUT2D eigenvalue weighted by Gasteiger charge is 2.57. The van der Waals surface area contributed by atoms with E-state index in [0.717, 1.165) is 13.0 Å². The fraction of sp³-hybridized carbons (Fsp3) is 0.385. The highest BCUT2D eigenvalue weighted by atomic mass is 19.3. The van der Waals surface area contributed by atoms with Crippen LogP contribution in [-0.2, 0) is 0 Å². The van der Waals surface area contributed by atoms with E-state index in [1.165, 1.54) is 0 Å². The number of rotatable bonds is 2. The first-order valence-corrected chi connectivity index (χ1v) is 5.48. The minimum absolute atomic E-state index is 0.429. The molecule has 0 fully saturated rings. The summed E-state index contributed by atoms with van der Waals surface area (Å²) in [5, 5.41) is 10.0. The molecule has 5 heteroatoms. The Bertz CT molecular complexity index is 616. The zero-order valence-corrected chi connectivity index (χ0v) is 9.70. The lowest BCUT2D eigenvalue weighted by Crippen LogP contribution is -2.51. The standard InChI is InChI=1S/C13H11F3N2/c1-9(14)13(15,16)12(7-17)6-10-4-2-3-5-11(10)18-8-12/h2-6,9H,8H2,1H3. The van der Waals surface area contributed by atoms with Gasteiger partial charge in [0.2, 0.25) is 0 Å². The Hall–Kier alpha value is -1.83. The zero-order chi connectivity index (χ0) is 13.4. The number of hydrogen-bond acceptors (Lipinski definition) is 2. The van der Waals surface area contributed by atoms with Gasteiger partial charge in [-0.05, 0) is 24.3 Å². The number of halogens is 3. The van der Waals surface area contributed by atoms with Crippen LogP contribution in [0.5, 0.6) is 0 Å². The van der Waals surface area contributed by atoms with Crippen LogP contribution in [-0.4, -0.2) is 18.6 Å². The Balaban J connectivity index is 2.65. The number of para-hydroxylation sites is 1. The van der Waals surface area contributed by atoms with E-state index in [1.54, 1.807) is 30.3 Å². The summed E-state index contributed by atoms with van der Waals surface area (Å²) >= 11 is 0. The molecule has 0 aromatic heterocycles. The van der Waals surface area contributed by atoms with Gasteiger partial charge in [0.05, 0.1) is 18.0 Å². The van der Waals surface area contributed by atoms with Crippen molar-refractivity contribution >= 4 is 6.08 Å². The van der Waals surface area contributed by atoms with Crippen molar-refractivity contribution in [2.75, 3.05) is 6.54 Å². The topological polar surface area (TPSA) is 36.1 Å². The van der Waals surface area contributed by atoms with E-state index in [1.807, 2.05) is 0 Å². The summed E-state index contributed by atoms with van der Waals surface area (Å²) in [5.74, 6) is -3.77. The SMILES string of the molecule is CC(F)C(F)(F)C1(C#N)C=c2ccccc2=NC1. The molecule has 1 aliphatic rings. The number of nitriles is 1. The van der Waals surface area contributed by atoms with E-state index in [0.29, 0.717) is 10.6 Å². The molecule has 1 aromatic rings. The van der Waals surface area contributed by atoms with Gasteiger partial charge in [-0.25, -0.2) is 13.2 Å². The Morgan fingerprint density at radius 2 is 2.11 bits per heavy atom. The molecule has 1 heterocycles. The van der Waals surface area contributed by atoms with Crippen molar-refractivity contribution in [3.05, 3.63) is 34.8 Å². The Kier molecular flexibility index (Phi) is 2.89. The predicted molar refractivity (Wildman–Crippen MR) is 60.1 cm³/mol. The molecule has 18 heavy (non-hydrogen) atoms. The van der Waals surface area contributed by atoms with Gasteiger partial charge in [-0.3, -0.25) is 4.99 Å². The maximum atomic E-state index is 13.9. The van der Waals surface area contributed by atoms with E-state index < -0.39 is 24.1 Å². The van der Waals surface area contributed by atoms with Gasteiger partial charge >= 0.3 is 5.92 Å². The maximum absolute atomic E-state index is 13.9. The molecule has 0 saturated carbocycles. The second-order valence-electron chi connectivity index (χ2n) is 4.34. The third-order valence-corrected chi connectivity index (χ3v) is 3.13. The van der Waals surface area contributed by atoms with Crippen molar-refractivity contribution in [2.24, 2.45) is 10.4 Å². The second kappa shape index (κ2) is 4.13. The van der Waals surface area contributed by atoms with Crippen LogP contribution in [0.25, 0.3) is 6.08 Å². The van der Waals surface area contributed by atoms with Gasteiger partial charge < -0.3 is 0 Å². The van der Waals surface area contributed by atoms with E-state index in [4.69, 9.17) is 5.26 Å². The third-order valence-electron chi connectivity index (χ3n) is 3.13. The van der Waals surface area contributed by atoms with Gasteiger partial charge in [0.25, 0.3) is 0 Å². The van der Waals surface area contributed by atoms with Gasteiger partial charge in [0, 0.05) is 0 Å². The molecule has 2 atom stereocenters. The molecule has 0 amide bonds. The normalized spacial score (nSPS) is 24.2. The first-order valence-electron chi connectivity index (χ1n) is 5.48. The Morgan fingerprint density at radius 1 is 1.44 bits per heavy atom. The van der Waals surface area contributed by atoms with E-state index >= 15 is 0 Å². The molecule has 0 N–H and O–H groups in total. The maximum Gasteiger partial charge on any atom is 0.301 e. The lowest BCUT2D eigenvalue weighted by atomic mass is 9.78. The van der Waals surface area contributed by atoms with Crippen LogP contribution in [0.15, 0.2) is 29.3 Å². The zero-order valence-electron chi connectivity index (χ0n) is 9.70. The molecule has 0 saturated heterocycles. The third kappa shape index (κ3) is 1.69. The fourth-order valence-electron chi connectivity index (χ4n) is 1.97.